The Kier molecular flexibility index (Phi) is 8.48. The molecule has 2 aliphatic rings. The molecule has 18 rings (SSSR count). The standard InChI is InChI=1S/C74H43N3S/c1-2-18-47(19-3-1)76-64-31-15-8-23-52(64)56-40-44(35-38-66(56)76)45-36-39-67-57(41-45)53-24-9-16-32-65(53)77(67)68-43-58-70(71-55-26-10-17-33-69(55)78-73(68)71)54-25-7-14-30-63(54)75-72(58)46-34-37-51-50-22-6-13-29-61(50)74(62(51)42-46)59-27-11-4-20-48(59)49-21-5-12-28-60(49)74/h1-43H. The van der Waals surface area contributed by atoms with Crippen molar-refractivity contribution in [2.45, 2.75) is 5.41 Å². The Morgan fingerprint density at radius 3 is 1.49 bits per heavy atom. The lowest BCUT2D eigenvalue weighted by molar-refractivity contribution is 0.794. The summed E-state index contributed by atoms with van der Waals surface area (Å²) in [4.78, 5) is 5.77. The van der Waals surface area contributed by atoms with Gasteiger partial charge in [0.15, 0.2) is 0 Å². The highest BCUT2D eigenvalue weighted by Crippen LogP contribution is 2.63. The summed E-state index contributed by atoms with van der Waals surface area (Å²) in [5.41, 5.74) is 22.6. The van der Waals surface area contributed by atoms with Gasteiger partial charge in [0.05, 0.1) is 49.1 Å². The number of fused-ring (bicyclic) bond motifs is 23. The van der Waals surface area contributed by atoms with Crippen molar-refractivity contribution in [2.24, 2.45) is 0 Å². The lowest BCUT2D eigenvalue weighted by atomic mass is 9.70. The van der Waals surface area contributed by atoms with E-state index in [2.05, 4.69) is 270 Å². The molecule has 0 unspecified atom stereocenters. The lowest BCUT2D eigenvalue weighted by Gasteiger charge is -2.30. The second kappa shape index (κ2) is 15.6. The van der Waals surface area contributed by atoms with E-state index in [1.165, 1.54) is 125 Å². The van der Waals surface area contributed by atoms with Crippen molar-refractivity contribution in [1.82, 2.24) is 14.1 Å². The van der Waals surface area contributed by atoms with Crippen LogP contribution in [0.3, 0.4) is 0 Å². The van der Waals surface area contributed by atoms with E-state index in [-0.39, 0.29) is 0 Å². The fourth-order valence-electron chi connectivity index (χ4n) is 14.4. The predicted octanol–water partition coefficient (Wildman–Crippen LogP) is 19.6. The summed E-state index contributed by atoms with van der Waals surface area (Å²) in [5, 5.41) is 11.0. The van der Waals surface area contributed by atoms with Gasteiger partial charge in [0.2, 0.25) is 0 Å². The molecule has 0 radical (unpaired) electrons. The molecule has 0 atom stereocenters. The monoisotopic (exact) mass is 1010 g/mol. The van der Waals surface area contributed by atoms with Crippen LogP contribution in [0.15, 0.2) is 261 Å². The second-order valence-electron chi connectivity index (χ2n) is 21.2. The highest BCUT2D eigenvalue weighted by Gasteiger charge is 2.51. The molecule has 1 spiro atoms. The number of pyridine rings is 1. The molecule has 0 saturated carbocycles. The third-order valence-corrected chi connectivity index (χ3v) is 18.7. The van der Waals surface area contributed by atoms with Crippen molar-refractivity contribution in [3.05, 3.63) is 283 Å². The van der Waals surface area contributed by atoms with Gasteiger partial charge in [-0.2, -0.15) is 0 Å². The molecule has 78 heavy (non-hydrogen) atoms. The smallest absolute Gasteiger partial charge is 0.0789 e. The summed E-state index contributed by atoms with van der Waals surface area (Å²) in [7, 11) is 0. The zero-order chi connectivity index (χ0) is 50.8. The van der Waals surface area contributed by atoms with Crippen LogP contribution in [0.5, 0.6) is 0 Å². The molecule has 0 bridgehead atoms. The largest absolute Gasteiger partial charge is 0.309 e. The van der Waals surface area contributed by atoms with Crippen molar-refractivity contribution < 1.29 is 0 Å². The van der Waals surface area contributed by atoms with Crippen molar-refractivity contribution >= 4 is 96.8 Å². The summed E-state index contributed by atoms with van der Waals surface area (Å²) >= 11 is 1.90. The van der Waals surface area contributed by atoms with E-state index in [1.54, 1.807) is 0 Å². The molecule has 0 aliphatic heterocycles. The summed E-state index contributed by atoms with van der Waals surface area (Å²) in [5.74, 6) is 0. The molecule has 0 saturated heterocycles. The van der Waals surface area contributed by atoms with Crippen molar-refractivity contribution in [1.29, 1.82) is 0 Å². The molecule has 12 aromatic carbocycles. The number of thiophene rings is 1. The van der Waals surface area contributed by atoms with Crippen molar-refractivity contribution in [3.63, 3.8) is 0 Å². The van der Waals surface area contributed by atoms with Gasteiger partial charge in [-0.3, -0.25) is 0 Å². The quantitative estimate of drug-likeness (QED) is 0.161. The van der Waals surface area contributed by atoms with Crippen LogP contribution in [0.1, 0.15) is 22.3 Å². The van der Waals surface area contributed by atoms with Gasteiger partial charge in [0, 0.05) is 64.4 Å². The van der Waals surface area contributed by atoms with Crippen LogP contribution in [-0.2, 0) is 5.41 Å². The minimum absolute atomic E-state index is 0.474. The van der Waals surface area contributed by atoms with E-state index in [0.717, 1.165) is 38.9 Å². The zero-order valence-corrected chi connectivity index (χ0v) is 42.9. The van der Waals surface area contributed by atoms with E-state index >= 15 is 0 Å². The number of para-hydroxylation sites is 4. The molecular weight excluding hydrogens is 963 g/mol. The SMILES string of the molecule is c1ccc(-n2c3ccccc3c3cc(-c4ccc5c(c4)c4ccccc4n5-c4cc5c(-c6ccc7c(c6)C6(c8ccccc8-c8ccccc86)c6ccccc6-7)nc6ccccc6c5c5c4sc4ccccc45)ccc32)cc1. The first kappa shape index (κ1) is 42.4. The van der Waals surface area contributed by atoms with Gasteiger partial charge < -0.3 is 9.13 Å². The van der Waals surface area contributed by atoms with E-state index in [4.69, 9.17) is 4.98 Å². The van der Waals surface area contributed by atoms with Crippen LogP contribution in [-0.4, -0.2) is 14.1 Å². The minimum atomic E-state index is -0.474. The summed E-state index contributed by atoms with van der Waals surface area (Å²) in [6, 6.07) is 97.3. The Bertz CT molecular complexity index is 5220. The Balaban J connectivity index is 0.900. The van der Waals surface area contributed by atoms with Crippen molar-refractivity contribution in [2.75, 3.05) is 0 Å². The molecule has 0 amide bonds. The van der Waals surface area contributed by atoms with Gasteiger partial charge in [0.1, 0.15) is 0 Å². The molecule has 3 nitrogen and oxygen atoms in total. The maximum atomic E-state index is 5.77. The van der Waals surface area contributed by atoms with Crippen LogP contribution in [0.4, 0.5) is 0 Å². The van der Waals surface area contributed by atoms with Gasteiger partial charge >= 0.3 is 0 Å². The van der Waals surface area contributed by atoms with Crippen LogP contribution < -0.4 is 0 Å². The molecule has 0 N–H and O–H groups in total. The van der Waals surface area contributed by atoms with Gasteiger partial charge in [0.25, 0.3) is 0 Å². The first-order valence-corrected chi connectivity index (χ1v) is 27.8. The zero-order valence-electron chi connectivity index (χ0n) is 42.1. The molecular formula is C74H43N3S. The number of aromatic nitrogens is 3. The van der Waals surface area contributed by atoms with Gasteiger partial charge in [-0.05, 0) is 128 Å². The van der Waals surface area contributed by atoms with E-state index in [0.29, 0.717) is 0 Å². The Hall–Kier alpha value is -9.87. The summed E-state index contributed by atoms with van der Waals surface area (Å²) in [6.07, 6.45) is 0. The maximum Gasteiger partial charge on any atom is 0.0789 e. The molecule has 4 heterocycles. The third-order valence-electron chi connectivity index (χ3n) is 17.5. The Labute approximate surface area is 452 Å². The molecule has 360 valence electrons. The number of rotatable bonds is 4. The highest BCUT2D eigenvalue weighted by molar-refractivity contribution is 7.26. The average Bonchev–Trinajstić information content (AvgIpc) is 4.49. The maximum absolute atomic E-state index is 5.77. The normalized spacial score (nSPS) is 13.2. The number of nitrogens with zero attached hydrogens (tertiary/aromatic N) is 3. The molecule has 0 fully saturated rings. The fourth-order valence-corrected chi connectivity index (χ4v) is 15.6. The van der Waals surface area contributed by atoms with E-state index in [1.807, 2.05) is 11.3 Å². The highest BCUT2D eigenvalue weighted by atomic mass is 32.1. The van der Waals surface area contributed by atoms with Crippen LogP contribution in [0.25, 0.3) is 141 Å². The van der Waals surface area contributed by atoms with Crippen molar-refractivity contribution in [3.8, 4) is 56.0 Å². The third kappa shape index (κ3) is 5.49. The van der Waals surface area contributed by atoms with Crippen LogP contribution in [0, 0.1) is 0 Å². The molecule has 4 heteroatoms. The van der Waals surface area contributed by atoms with Gasteiger partial charge in [-0.25, -0.2) is 4.98 Å². The molecule has 2 aliphatic carbocycles. The topological polar surface area (TPSA) is 22.8 Å². The fraction of sp³-hybridized carbons (Fsp3) is 0.0135. The van der Waals surface area contributed by atoms with Gasteiger partial charge in [-0.15, -0.1) is 11.3 Å². The lowest BCUT2D eigenvalue weighted by Crippen LogP contribution is -2.25. The van der Waals surface area contributed by atoms with Gasteiger partial charge in [-0.1, -0.05) is 188 Å². The number of hydrogen-bond acceptors (Lipinski definition) is 2. The average molecular weight is 1010 g/mol. The Morgan fingerprint density at radius 2 is 0.821 bits per heavy atom. The minimum Gasteiger partial charge on any atom is -0.309 e. The van der Waals surface area contributed by atoms with E-state index < -0.39 is 5.41 Å². The molecule has 4 aromatic heterocycles. The van der Waals surface area contributed by atoms with Crippen LogP contribution in [0.2, 0.25) is 0 Å². The Morgan fingerprint density at radius 1 is 0.321 bits per heavy atom. The second-order valence-corrected chi connectivity index (χ2v) is 22.3. The number of hydrogen-bond donors (Lipinski definition) is 0. The van der Waals surface area contributed by atoms with E-state index in [9.17, 15) is 0 Å². The van der Waals surface area contributed by atoms with Crippen LogP contribution >= 0.6 is 11.3 Å². The summed E-state index contributed by atoms with van der Waals surface area (Å²) < 4.78 is 7.47. The molecule has 16 aromatic rings. The predicted molar refractivity (Wildman–Crippen MR) is 328 cm³/mol. The first-order valence-electron chi connectivity index (χ1n) is 26.9. The first-order chi connectivity index (χ1) is 38.7. The number of benzene rings is 12. The summed E-state index contributed by atoms with van der Waals surface area (Å²) in [6.45, 7) is 0.